The van der Waals surface area contributed by atoms with E-state index in [4.69, 9.17) is 16.6 Å². The number of amides is 4. The molecule has 0 rings (SSSR count). The first-order valence-corrected chi connectivity index (χ1v) is 10.0. The Morgan fingerprint density at radius 2 is 1.31 bits per heavy atom. The van der Waals surface area contributed by atoms with E-state index in [1.54, 1.807) is 27.7 Å². The summed E-state index contributed by atoms with van der Waals surface area (Å²) in [6.45, 7) is 6.75. The van der Waals surface area contributed by atoms with E-state index in [0.717, 1.165) is 0 Å². The summed E-state index contributed by atoms with van der Waals surface area (Å²) in [4.78, 5) is 70.9. The molecule has 0 heterocycles. The van der Waals surface area contributed by atoms with Gasteiger partial charge in [0.25, 0.3) is 0 Å². The fourth-order valence-electron chi connectivity index (χ4n) is 2.72. The Balaban J connectivity index is 5.45. The molecule has 0 aliphatic rings. The van der Waals surface area contributed by atoms with E-state index >= 15 is 0 Å². The zero-order valence-corrected chi connectivity index (χ0v) is 18.6. The molecule has 32 heavy (non-hydrogen) atoms. The summed E-state index contributed by atoms with van der Waals surface area (Å²) < 4.78 is 0. The van der Waals surface area contributed by atoms with E-state index in [2.05, 4.69) is 16.0 Å². The number of carboxylic acid groups (broad SMARTS) is 2. The zero-order chi connectivity index (χ0) is 25.2. The Hall–Kier alpha value is -3.22. The molecule has 0 fully saturated rings. The number of nitrogens with two attached hydrogens (primary N) is 2. The zero-order valence-electron chi connectivity index (χ0n) is 18.6. The highest BCUT2D eigenvalue weighted by molar-refractivity contribution is 5.96. The van der Waals surface area contributed by atoms with Crippen LogP contribution in [-0.2, 0) is 28.8 Å². The van der Waals surface area contributed by atoms with Crippen molar-refractivity contribution >= 4 is 35.6 Å². The molecule has 4 amide bonds. The molecule has 0 aromatic carbocycles. The number of rotatable bonds is 14. The maximum atomic E-state index is 12.7. The van der Waals surface area contributed by atoms with Gasteiger partial charge in [-0.3, -0.25) is 24.0 Å². The van der Waals surface area contributed by atoms with Crippen LogP contribution < -0.4 is 27.4 Å². The predicted octanol–water partition coefficient (Wildman–Crippen LogP) is -2.10. The van der Waals surface area contributed by atoms with Gasteiger partial charge in [-0.05, 0) is 18.3 Å². The molecule has 13 heteroatoms. The topological polar surface area (TPSA) is 231 Å². The number of carbonyl (C=O) groups is 6. The molecule has 0 radical (unpaired) electrons. The maximum absolute atomic E-state index is 12.7. The maximum Gasteiger partial charge on any atom is 0.326 e. The molecule has 0 aliphatic heterocycles. The molecule has 0 spiro atoms. The van der Waals surface area contributed by atoms with Gasteiger partial charge in [-0.15, -0.1) is 0 Å². The van der Waals surface area contributed by atoms with Gasteiger partial charge < -0.3 is 37.6 Å². The Bertz CT molecular complexity index is 725. The second-order valence-electron chi connectivity index (χ2n) is 8.20. The molecule has 0 saturated heterocycles. The lowest BCUT2D eigenvalue weighted by Crippen LogP contribution is -2.59. The Morgan fingerprint density at radius 3 is 1.72 bits per heavy atom. The van der Waals surface area contributed by atoms with E-state index in [9.17, 15) is 33.9 Å². The van der Waals surface area contributed by atoms with Crippen LogP contribution in [-0.4, -0.2) is 69.9 Å². The molecular weight excluding hydrogens is 426 g/mol. The second-order valence-corrected chi connectivity index (χ2v) is 8.20. The van der Waals surface area contributed by atoms with Crippen LogP contribution in [0.3, 0.4) is 0 Å². The molecular formula is C19H33N5O8. The van der Waals surface area contributed by atoms with E-state index in [0.29, 0.717) is 0 Å². The third-order valence-electron chi connectivity index (χ3n) is 4.34. The molecule has 13 nitrogen and oxygen atoms in total. The van der Waals surface area contributed by atoms with Crippen LogP contribution in [0.1, 0.15) is 47.0 Å². The third-order valence-corrected chi connectivity index (χ3v) is 4.34. The van der Waals surface area contributed by atoms with Crippen LogP contribution in [0.2, 0.25) is 0 Å². The number of carboxylic acids is 2. The van der Waals surface area contributed by atoms with Gasteiger partial charge in [0, 0.05) is 0 Å². The van der Waals surface area contributed by atoms with Gasteiger partial charge >= 0.3 is 11.9 Å². The SMILES string of the molecule is CC(C)CC(NC(=O)C(NC(=O)C(CC(=O)O)NC(=O)C(N)CC(N)=O)C(C)C)C(=O)O. The number of aliphatic carboxylic acids is 2. The van der Waals surface area contributed by atoms with Gasteiger partial charge in [-0.1, -0.05) is 27.7 Å². The fraction of sp³-hybridized carbons (Fsp3) is 0.684. The van der Waals surface area contributed by atoms with Crippen LogP contribution in [0.25, 0.3) is 0 Å². The van der Waals surface area contributed by atoms with Crippen molar-refractivity contribution in [3.8, 4) is 0 Å². The first-order chi connectivity index (χ1) is 14.6. The van der Waals surface area contributed by atoms with E-state index in [-0.39, 0.29) is 12.3 Å². The average Bonchev–Trinajstić information content (AvgIpc) is 2.62. The predicted molar refractivity (Wildman–Crippen MR) is 112 cm³/mol. The van der Waals surface area contributed by atoms with E-state index in [1.165, 1.54) is 0 Å². The van der Waals surface area contributed by atoms with Gasteiger partial charge in [0.1, 0.15) is 18.1 Å². The second kappa shape index (κ2) is 13.2. The van der Waals surface area contributed by atoms with Crippen molar-refractivity contribution in [2.24, 2.45) is 23.3 Å². The molecule has 0 bridgehead atoms. The van der Waals surface area contributed by atoms with Gasteiger partial charge in [0.05, 0.1) is 18.9 Å². The van der Waals surface area contributed by atoms with Gasteiger partial charge in [-0.25, -0.2) is 4.79 Å². The Morgan fingerprint density at radius 1 is 0.781 bits per heavy atom. The highest BCUT2D eigenvalue weighted by Gasteiger charge is 2.33. The van der Waals surface area contributed by atoms with Crippen LogP contribution in [0.4, 0.5) is 0 Å². The van der Waals surface area contributed by atoms with E-state index < -0.39 is 78.5 Å². The first-order valence-electron chi connectivity index (χ1n) is 10.0. The van der Waals surface area contributed by atoms with Crippen LogP contribution in [0, 0.1) is 11.8 Å². The minimum Gasteiger partial charge on any atom is -0.481 e. The summed E-state index contributed by atoms with van der Waals surface area (Å²) in [5.41, 5.74) is 10.5. The monoisotopic (exact) mass is 459 g/mol. The van der Waals surface area contributed by atoms with Gasteiger partial charge in [-0.2, -0.15) is 0 Å². The van der Waals surface area contributed by atoms with Crippen molar-refractivity contribution in [2.45, 2.75) is 71.1 Å². The highest BCUT2D eigenvalue weighted by atomic mass is 16.4. The molecule has 9 N–H and O–H groups in total. The molecule has 4 atom stereocenters. The number of carbonyl (C=O) groups excluding carboxylic acids is 4. The molecule has 182 valence electrons. The van der Waals surface area contributed by atoms with Crippen LogP contribution in [0.15, 0.2) is 0 Å². The lowest BCUT2D eigenvalue weighted by atomic mass is 10.00. The normalized spacial score (nSPS) is 14.7. The van der Waals surface area contributed by atoms with Gasteiger partial charge in [0.15, 0.2) is 0 Å². The largest absolute Gasteiger partial charge is 0.481 e. The van der Waals surface area contributed by atoms with Gasteiger partial charge in [0.2, 0.25) is 23.6 Å². The van der Waals surface area contributed by atoms with Crippen molar-refractivity contribution in [3.63, 3.8) is 0 Å². The van der Waals surface area contributed by atoms with Crippen molar-refractivity contribution in [2.75, 3.05) is 0 Å². The summed E-state index contributed by atoms with van der Waals surface area (Å²) in [5.74, 6) is -6.77. The quantitative estimate of drug-likeness (QED) is 0.151. The lowest BCUT2D eigenvalue weighted by Gasteiger charge is -2.27. The molecule has 0 saturated carbocycles. The number of primary amides is 1. The summed E-state index contributed by atoms with van der Waals surface area (Å²) in [6, 6.07) is -5.38. The number of hydrogen-bond donors (Lipinski definition) is 7. The summed E-state index contributed by atoms with van der Waals surface area (Å²) in [5, 5.41) is 25.2. The smallest absolute Gasteiger partial charge is 0.326 e. The fourth-order valence-corrected chi connectivity index (χ4v) is 2.72. The standard InChI is InChI=1S/C19H33N5O8/c1-8(2)5-12(19(31)32)23-18(30)15(9(3)4)24-17(29)11(7-14(26)27)22-16(28)10(20)6-13(21)25/h8-12,15H,5-7,20H2,1-4H3,(H2,21,25)(H,22,28)(H,23,30)(H,24,29)(H,26,27)(H,31,32). The van der Waals surface area contributed by atoms with Crippen LogP contribution >= 0.6 is 0 Å². The van der Waals surface area contributed by atoms with Crippen molar-refractivity contribution < 1.29 is 39.0 Å². The Labute approximate surface area is 185 Å². The molecule has 0 aromatic rings. The third kappa shape index (κ3) is 10.7. The highest BCUT2D eigenvalue weighted by Crippen LogP contribution is 2.08. The number of nitrogens with one attached hydrogen (secondary N) is 3. The molecule has 4 unspecified atom stereocenters. The lowest BCUT2D eigenvalue weighted by molar-refractivity contribution is -0.144. The summed E-state index contributed by atoms with van der Waals surface area (Å²) in [7, 11) is 0. The first kappa shape index (κ1) is 28.8. The average molecular weight is 460 g/mol. The van der Waals surface area contributed by atoms with Crippen molar-refractivity contribution in [3.05, 3.63) is 0 Å². The summed E-state index contributed by atoms with van der Waals surface area (Å²) in [6.07, 6.45) is -1.18. The minimum atomic E-state index is -1.60. The number of hydrogen-bond acceptors (Lipinski definition) is 7. The van der Waals surface area contributed by atoms with Crippen molar-refractivity contribution in [1.82, 2.24) is 16.0 Å². The minimum absolute atomic E-state index is 0.0248. The van der Waals surface area contributed by atoms with E-state index in [1.807, 2.05) is 0 Å². The van der Waals surface area contributed by atoms with Crippen molar-refractivity contribution in [1.29, 1.82) is 0 Å². The summed E-state index contributed by atoms with van der Waals surface area (Å²) >= 11 is 0. The molecule has 0 aromatic heterocycles. The molecule has 0 aliphatic carbocycles. The van der Waals surface area contributed by atoms with Crippen LogP contribution in [0.5, 0.6) is 0 Å². The Kier molecular flexibility index (Phi) is 11.9.